The molecule has 2 aromatic rings. The maximum atomic E-state index is 10.9. The van der Waals surface area contributed by atoms with Gasteiger partial charge in [-0.1, -0.05) is 12.1 Å². The number of aromatic nitrogens is 1. The Balaban J connectivity index is 2.41. The number of nitro groups is 1. The zero-order valence-electron chi connectivity index (χ0n) is 9.53. The Morgan fingerprint density at radius 2 is 2.11 bits per heavy atom. The zero-order chi connectivity index (χ0) is 13.1. The minimum atomic E-state index is -0.574. The lowest BCUT2D eigenvalue weighted by atomic mass is 10.3. The van der Waals surface area contributed by atoms with Gasteiger partial charge in [-0.15, -0.1) is 0 Å². The summed E-state index contributed by atoms with van der Waals surface area (Å²) < 4.78 is 5.25. The van der Waals surface area contributed by atoms with E-state index < -0.39 is 4.92 Å². The van der Waals surface area contributed by atoms with Crippen molar-refractivity contribution in [1.29, 1.82) is 0 Å². The van der Waals surface area contributed by atoms with Gasteiger partial charge in [-0.25, -0.2) is 4.98 Å². The molecule has 1 aromatic heterocycles. The normalized spacial score (nSPS) is 10.1. The van der Waals surface area contributed by atoms with E-state index in [4.69, 9.17) is 4.74 Å². The van der Waals surface area contributed by atoms with Crippen molar-refractivity contribution in [3.05, 3.63) is 52.2 Å². The second-order valence-electron chi connectivity index (χ2n) is 3.66. The van der Waals surface area contributed by atoms with Gasteiger partial charge >= 0.3 is 5.69 Å². The molecule has 0 spiro atoms. The summed E-state index contributed by atoms with van der Waals surface area (Å²) in [7, 11) is 0. The molecule has 92 valence electrons. The summed E-state index contributed by atoms with van der Waals surface area (Å²) >= 11 is 0. The lowest BCUT2D eigenvalue weighted by Gasteiger charge is -2.06. The first kappa shape index (κ1) is 11.8. The number of phenols is 1. The van der Waals surface area contributed by atoms with Crippen LogP contribution in [0.4, 0.5) is 5.69 Å². The van der Waals surface area contributed by atoms with Crippen LogP contribution < -0.4 is 4.74 Å². The van der Waals surface area contributed by atoms with Gasteiger partial charge in [0.05, 0.1) is 4.92 Å². The summed E-state index contributed by atoms with van der Waals surface area (Å²) in [6.45, 7) is 1.70. The van der Waals surface area contributed by atoms with Crippen molar-refractivity contribution in [1.82, 2.24) is 4.98 Å². The fourth-order valence-corrected chi connectivity index (χ4v) is 1.40. The predicted octanol–water partition coefficient (Wildman–Crippen LogP) is 2.80. The van der Waals surface area contributed by atoms with Crippen molar-refractivity contribution in [2.75, 3.05) is 0 Å². The van der Waals surface area contributed by atoms with E-state index in [0.29, 0.717) is 5.56 Å². The molecular formula is C12H10N2O4. The third kappa shape index (κ3) is 2.37. The van der Waals surface area contributed by atoms with Gasteiger partial charge in [0.15, 0.2) is 11.5 Å². The number of benzene rings is 1. The fraction of sp³-hybridized carbons (Fsp3) is 0.0833. The molecule has 1 heterocycles. The van der Waals surface area contributed by atoms with Crippen molar-refractivity contribution < 1.29 is 14.8 Å². The van der Waals surface area contributed by atoms with Crippen LogP contribution in [0.15, 0.2) is 36.5 Å². The molecule has 0 atom stereocenters. The largest absolute Gasteiger partial charge is 0.504 e. The van der Waals surface area contributed by atoms with Crippen molar-refractivity contribution in [2.24, 2.45) is 0 Å². The first-order valence-electron chi connectivity index (χ1n) is 5.15. The van der Waals surface area contributed by atoms with Crippen LogP contribution in [0, 0.1) is 17.0 Å². The fourth-order valence-electron chi connectivity index (χ4n) is 1.40. The summed E-state index contributed by atoms with van der Waals surface area (Å²) in [5.74, 6) is -0.127. The highest BCUT2D eigenvalue weighted by atomic mass is 16.6. The highest BCUT2D eigenvalue weighted by Crippen LogP contribution is 2.33. The third-order valence-corrected chi connectivity index (χ3v) is 2.24. The Labute approximate surface area is 103 Å². The van der Waals surface area contributed by atoms with Crippen molar-refractivity contribution >= 4 is 5.69 Å². The van der Waals surface area contributed by atoms with Gasteiger partial charge < -0.3 is 9.84 Å². The Kier molecular flexibility index (Phi) is 3.09. The summed E-state index contributed by atoms with van der Waals surface area (Å²) in [4.78, 5) is 14.2. The molecule has 0 saturated heterocycles. The van der Waals surface area contributed by atoms with Crippen LogP contribution in [0.2, 0.25) is 0 Å². The van der Waals surface area contributed by atoms with E-state index in [1.54, 1.807) is 19.1 Å². The van der Waals surface area contributed by atoms with Gasteiger partial charge in [0.25, 0.3) is 5.88 Å². The lowest BCUT2D eigenvalue weighted by molar-refractivity contribution is -0.386. The Morgan fingerprint density at radius 3 is 2.78 bits per heavy atom. The molecule has 18 heavy (non-hydrogen) atoms. The van der Waals surface area contributed by atoms with Gasteiger partial charge in [0.1, 0.15) is 0 Å². The van der Waals surface area contributed by atoms with Crippen LogP contribution in [0.1, 0.15) is 5.56 Å². The van der Waals surface area contributed by atoms with Crippen LogP contribution >= 0.6 is 0 Å². The number of hydrogen-bond acceptors (Lipinski definition) is 5. The number of aryl methyl sites for hydroxylation is 1. The van der Waals surface area contributed by atoms with E-state index in [-0.39, 0.29) is 23.1 Å². The lowest BCUT2D eigenvalue weighted by Crippen LogP contribution is -1.96. The highest BCUT2D eigenvalue weighted by Gasteiger charge is 2.18. The molecule has 0 radical (unpaired) electrons. The van der Waals surface area contributed by atoms with E-state index in [9.17, 15) is 15.2 Å². The van der Waals surface area contributed by atoms with Gasteiger partial charge in [0, 0.05) is 12.3 Å². The summed E-state index contributed by atoms with van der Waals surface area (Å²) in [5.41, 5.74) is 0.421. The van der Waals surface area contributed by atoms with Crippen LogP contribution in [0.3, 0.4) is 0 Å². The molecule has 0 aliphatic carbocycles. The monoisotopic (exact) mass is 246 g/mol. The maximum Gasteiger partial charge on any atom is 0.331 e. The average molecular weight is 246 g/mol. The molecule has 0 aliphatic heterocycles. The SMILES string of the molecule is Cc1cnc(Oc2ccccc2O)c([N+](=O)[O-])c1. The van der Waals surface area contributed by atoms with Crippen molar-refractivity contribution in [2.45, 2.75) is 6.92 Å². The Bertz CT molecular complexity index is 598. The average Bonchev–Trinajstić information content (AvgIpc) is 2.34. The predicted molar refractivity (Wildman–Crippen MR) is 63.8 cm³/mol. The maximum absolute atomic E-state index is 10.9. The van der Waals surface area contributed by atoms with E-state index in [1.165, 1.54) is 24.4 Å². The smallest absolute Gasteiger partial charge is 0.331 e. The minimum Gasteiger partial charge on any atom is -0.504 e. The van der Waals surface area contributed by atoms with Gasteiger partial charge in [-0.05, 0) is 24.6 Å². The summed E-state index contributed by atoms with van der Waals surface area (Å²) in [5, 5.41) is 20.4. The standard InChI is InChI=1S/C12H10N2O4/c1-8-6-9(14(16)17)12(13-7-8)18-11-5-3-2-4-10(11)15/h2-7,15H,1H3. The summed E-state index contributed by atoms with van der Waals surface area (Å²) in [6, 6.07) is 7.56. The molecule has 1 aromatic carbocycles. The third-order valence-electron chi connectivity index (χ3n) is 2.24. The van der Waals surface area contributed by atoms with E-state index in [0.717, 1.165) is 0 Å². The van der Waals surface area contributed by atoms with Crippen LogP contribution in [0.25, 0.3) is 0 Å². The van der Waals surface area contributed by atoms with Crippen LogP contribution in [0.5, 0.6) is 17.4 Å². The first-order valence-corrected chi connectivity index (χ1v) is 5.15. The quantitative estimate of drug-likeness (QED) is 0.664. The molecule has 0 saturated carbocycles. The number of rotatable bonds is 3. The molecule has 0 unspecified atom stereocenters. The first-order chi connectivity index (χ1) is 8.58. The molecule has 2 rings (SSSR count). The van der Waals surface area contributed by atoms with Gasteiger partial charge in [-0.2, -0.15) is 0 Å². The Morgan fingerprint density at radius 1 is 1.39 bits per heavy atom. The number of phenolic OH excluding ortho intramolecular Hbond substituents is 1. The van der Waals surface area contributed by atoms with Crippen LogP contribution in [-0.2, 0) is 0 Å². The summed E-state index contributed by atoms with van der Waals surface area (Å²) in [6.07, 6.45) is 1.46. The molecule has 6 nitrogen and oxygen atoms in total. The molecule has 0 aliphatic rings. The second-order valence-corrected chi connectivity index (χ2v) is 3.66. The van der Waals surface area contributed by atoms with Gasteiger partial charge in [0.2, 0.25) is 0 Å². The van der Waals surface area contributed by atoms with E-state index in [1.807, 2.05) is 0 Å². The highest BCUT2D eigenvalue weighted by molar-refractivity contribution is 5.47. The number of hydrogen-bond donors (Lipinski definition) is 1. The van der Waals surface area contributed by atoms with E-state index >= 15 is 0 Å². The van der Waals surface area contributed by atoms with E-state index in [2.05, 4.69) is 4.98 Å². The van der Waals surface area contributed by atoms with Crippen LogP contribution in [-0.4, -0.2) is 15.0 Å². The molecule has 0 fully saturated rings. The molecule has 0 amide bonds. The molecule has 6 heteroatoms. The van der Waals surface area contributed by atoms with Crippen molar-refractivity contribution in [3.63, 3.8) is 0 Å². The molecule has 1 N–H and O–H groups in total. The Hall–Kier alpha value is -2.63. The topological polar surface area (TPSA) is 85.5 Å². The van der Waals surface area contributed by atoms with Gasteiger partial charge in [-0.3, -0.25) is 10.1 Å². The minimum absolute atomic E-state index is 0.103. The molecular weight excluding hydrogens is 236 g/mol. The zero-order valence-corrected chi connectivity index (χ0v) is 9.53. The van der Waals surface area contributed by atoms with Crippen molar-refractivity contribution in [3.8, 4) is 17.4 Å². The number of para-hydroxylation sites is 2. The second kappa shape index (κ2) is 4.70. The number of ether oxygens (including phenoxy) is 1. The number of nitrogens with zero attached hydrogens (tertiary/aromatic N) is 2. The number of aromatic hydroxyl groups is 1. The molecule has 0 bridgehead atoms. The number of pyridine rings is 1.